The van der Waals surface area contributed by atoms with Crippen LogP contribution >= 0.6 is 11.6 Å². The van der Waals surface area contributed by atoms with Crippen LogP contribution in [-0.4, -0.2) is 52.4 Å². The molecule has 0 saturated carbocycles. The molecule has 28 heavy (non-hydrogen) atoms. The van der Waals surface area contributed by atoms with E-state index in [4.69, 9.17) is 11.6 Å². The molecule has 1 aromatic carbocycles. The third kappa shape index (κ3) is 4.26. The van der Waals surface area contributed by atoms with E-state index in [2.05, 4.69) is 45.0 Å². The van der Waals surface area contributed by atoms with Crippen molar-refractivity contribution in [2.24, 2.45) is 0 Å². The highest BCUT2D eigenvalue weighted by Crippen LogP contribution is 2.21. The lowest BCUT2D eigenvalue weighted by Gasteiger charge is -2.35. The normalized spacial score (nSPS) is 15.4. The predicted molar refractivity (Wildman–Crippen MR) is 115 cm³/mol. The lowest BCUT2D eigenvalue weighted by Crippen LogP contribution is -2.46. The van der Waals surface area contributed by atoms with Gasteiger partial charge in [0.2, 0.25) is 0 Å². The minimum Gasteiger partial charge on any atom is -0.369 e. The number of pyridine rings is 1. The van der Waals surface area contributed by atoms with Crippen LogP contribution in [-0.2, 0) is 0 Å². The molecule has 0 unspecified atom stereocenters. The maximum atomic E-state index is 6.12. The Labute approximate surface area is 170 Å². The molecule has 0 radical (unpaired) electrons. The van der Waals surface area contributed by atoms with E-state index in [-0.39, 0.29) is 0 Å². The van der Waals surface area contributed by atoms with E-state index in [9.17, 15) is 0 Å². The standard InChI is InChI=1S/C22H24ClN5/c1-18-19(17-25-28(18)21-7-9-24-10-8-21)4-3-11-26-12-14-27(15-13-26)22-6-2-5-20(23)16-22/h2-10,16-17H,11-15H2,1H3/b4-3+. The summed E-state index contributed by atoms with van der Waals surface area (Å²) < 4.78 is 1.95. The Morgan fingerprint density at radius 3 is 2.57 bits per heavy atom. The van der Waals surface area contributed by atoms with Crippen LogP contribution in [0.3, 0.4) is 0 Å². The van der Waals surface area contributed by atoms with E-state index >= 15 is 0 Å². The summed E-state index contributed by atoms with van der Waals surface area (Å²) in [5, 5.41) is 5.31. The number of anilines is 1. The third-order valence-corrected chi connectivity index (χ3v) is 5.40. The Bertz CT molecular complexity index is 943. The van der Waals surface area contributed by atoms with Crippen LogP contribution < -0.4 is 4.90 Å². The van der Waals surface area contributed by atoms with Crippen molar-refractivity contribution in [3.05, 3.63) is 77.3 Å². The van der Waals surface area contributed by atoms with Crippen molar-refractivity contribution in [2.45, 2.75) is 6.92 Å². The van der Waals surface area contributed by atoms with Gasteiger partial charge in [0, 0.05) is 67.1 Å². The Hall–Kier alpha value is -2.63. The molecule has 1 aliphatic rings. The monoisotopic (exact) mass is 393 g/mol. The zero-order valence-electron chi connectivity index (χ0n) is 16.0. The van der Waals surface area contributed by atoms with E-state index in [0.717, 1.165) is 54.7 Å². The summed E-state index contributed by atoms with van der Waals surface area (Å²) in [4.78, 5) is 8.94. The van der Waals surface area contributed by atoms with Crippen molar-refractivity contribution in [3.8, 4) is 5.69 Å². The van der Waals surface area contributed by atoms with Crippen LogP contribution in [0.5, 0.6) is 0 Å². The van der Waals surface area contributed by atoms with E-state index in [0.29, 0.717) is 0 Å². The van der Waals surface area contributed by atoms with Gasteiger partial charge in [-0.25, -0.2) is 4.68 Å². The van der Waals surface area contributed by atoms with Crippen molar-refractivity contribution in [1.82, 2.24) is 19.7 Å². The number of piperazine rings is 1. The highest BCUT2D eigenvalue weighted by atomic mass is 35.5. The van der Waals surface area contributed by atoms with E-state index in [1.807, 2.05) is 41.2 Å². The minimum absolute atomic E-state index is 0.797. The number of hydrogen-bond donors (Lipinski definition) is 0. The lowest BCUT2D eigenvalue weighted by molar-refractivity contribution is 0.284. The largest absolute Gasteiger partial charge is 0.369 e. The molecular weight excluding hydrogens is 370 g/mol. The zero-order valence-corrected chi connectivity index (χ0v) is 16.8. The highest BCUT2D eigenvalue weighted by Gasteiger charge is 2.16. The smallest absolute Gasteiger partial charge is 0.0679 e. The summed E-state index contributed by atoms with van der Waals surface area (Å²) in [5.41, 5.74) is 4.52. The molecule has 2 aromatic heterocycles. The molecule has 1 aliphatic heterocycles. The minimum atomic E-state index is 0.797. The Kier molecular flexibility index (Phi) is 5.74. The molecule has 0 bridgehead atoms. The Morgan fingerprint density at radius 2 is 1.82 bits per heavy atom. The van der Waals surface area contributed by atoms with Gasteiger partial charge in [0.25, 0.3) is 0 Å². The van der Waals surface area contributed by atoms with Crippen molar-refractivity contribution < 1.29 is 0 Å². The first-order valence-corrected chi connectivity index (χ1v) is 9.93. The summed E-state index contributed by atoms with van der Waals surface area (Å²) >= 11 is 6.12. The SMILES string of the molecule is Cc1c(/C=C/CN2CCN(c3cccc(Cl)c3)CC2)cnn1-c1ccncc1. The van der Waals surface area contributed by atoms with Crippen molar-refractivity contribution in [1.29, 1.82) is 0 Å². The molecule has 6 heteroatoms. The second-order valence-electron chi connectivity index (χ2n) is 6.97. The van der Waals surface area contributed by atoms with Crippen LogP contribution in [0.4, 0.5) is 5.69 Å². The molecule has 0 atom stereocenters. The molecule has 1 fully saturated rings. The predicted octanol–water partition coefficient (Wildman–Crippen LogP) is 4.06. The van der Waals surface area contributed by atoms with Gasteiger partial charge in [0.05, 0.1) is 11.9 Å². The van der Waals surface area contributed by atoms with Gasteiger partial charge < -0.3 is 4.90 Å². The maximum absolute atomic E-state index is 6.12. The number of nitrogens with zero attached hydrogens (tertiary/aromatic N) is 5. The fraction of sp³-hybridized carbons (Fsp3) is 0.273. The molecule has 4 rings (SSSR count). The number of rotatable bonds is 5. The topological polar surface area (TPSA) is 37.2 Å². The van der Waals surface area contributed by atoms with Gasteiger partial charge in [0.15, 0.2) is 0 Å². The molecule has 5 nitrogen and oxygen atoms in total. The summed E-state index contributed by atoms with van der Waals surface area (Å²) in [7, 11) is 0. The zero-order chi connectivity index (χ0) is 19.3. The second kappa shape index (κ2) is 8.59. The maximum Gasteiger partial charge on any atom is 0.0679 e. The van der Waals surface area contributed by atoms with Crippen LogP contribution in [0.1, 0.15) is 11.3 Å². The lowest BCUT2D eigenvalue weighted by atomic mass is 10.2. The van der Waals surface area contributed by atoms with Gasteiger partial charge in [-0.1, -0.05) is 29.8 Å². The first-order valence-electron chi connectivity index (χ1n) is 9.55. The second-order valence-corrected chi connectivity index (χ2v) is 7.41. The molecule has 0 N–H and O–H groups in total. The first kappa shape index (κ1) is 18.7. The summed E-state index contributed by atoms with van der Waals surface area (Å²) in [6, 6.07) is 12.0. The highest BCUT2D eigenvalue weighted by molar-refractivity contribution is 6.30. The molecule has 0 aliphatic carbocycles. The summed E-state index contributed by atoms with van der Waals surface area (Å²) in [6.45, 7) is 7.18. The van der Waals surface area contributed by atoms with E-state index in [1.165, 1.54) is 5.69 Å². The van der Waals surface area contributed by atoms with Gasteiger partial charge in [-0.2, -0.15) is 5.10 Å². The molecule has 144 valence electrons. The number of benzene rings is 1. The average Bonchev–Trinajstić information content (AvgIpc) is 3.10. The van der Waals surface area contributed by atoms with E-state index in [1.54, 1.807) is 12.4 Å². The van der Waals surface area contributed by atoms with Crippen molar-refractivity contribution in [2.75, 3.05) is 37.6 Å². The quantitative estimate of drug-likeness (QED) is 0.655. The van der Waals surface area contributed by atoms with Gasteiger partial charge in [-0.05, 0) is 37.3 Å². The third-order valence-electron chi connectivity index (χ3n) is 5.16. The van der Waals surface area contributed by atoms with Gasteiger partial charge >= 0.3 is 0 Å². The van der Waals surface area contributed by atoms with Crippen molar-refractivity contribution in [3.63, 3.8) is 0 Å². The molecule has 0 spiro atoms. The molecule has 1 saturated heterocycles. The molecule has 3 aromatic rings. The van der Waals surface area contributed by atoms with Gasteiger partial charge in [-0.15, -0.1) is 0 Å². The van der Waals surface area contributed by atoms with Gasteiger partial charge in [0.1, 0.15) is 0 Å². The van der Waals surface area contributed by atoms with Crippen LogP contribution in [0.2, 0.25) is 5.02 Å². The average molecular weight is 394 g/mol. The summed E-state index contributed by atoms with van der Waals surface area (Å²) in [5.74, 6) is 0. The molecular formula is C22H24ClN5. The van der Waals surface area contributed by atoms with E-state index < -0.39 is 0 Å². The Morgan fingerprint density at radius 1 is 1.04 bits per heavy atom. The first-order chi connectivity index (χ1) is 13.7. The molecule has 0 amide bonds. The number of halogens is 1. The number of hydrogen-bond acceptors (Lipinski definition) is 4. The van der Waals surface area contributed by atoms with Crippen LogP contribution in [0.15, 0.2) is 61.1 Å². The summed E-state index contributed by atoms with van der Waals surface area (Å²) in [6.07, 6.45) is 9.90. The molecule has 3 heterocycles. The van der Waals surface area contributed by atoms with Crippen LogP contribution in [0, 0.1) is 6.92 Å². The number of aromatic nitrogens is 3. The fourth-order valence-electron chi connectivity index (χ4n) is 3.52. The van der Waals surface area contributed by atoms with Gasteiger partial charge in [-0.3, -0.25) is 9.88 Å². The van der Waals surface area contributed by atoms with Crippen molar-refractivity contribution >= 4 is 23.4 Å². The Balaban J connectivity index is 1.32. The fourth-order valence-corrected chi connectivity index (χ4v) is 3.71. The van der Waals surface area contributed by atoms with Crippen LogP contribution in [0.25, 0.3) is 11.8 Å².